The van der Waals surface area contributed by atoms with Crippen molar-refractivity contribution in [1.82, 2.24) is 14.8 Å². The number of urea groups is 1. The molecule has 0 radical (unpaired) electrons. The number of nitrogens with one attached hydrogen (secondary N) is 1. The lowest BCUT2D eigenvalue weighted by Gasteiger charge is -2.32. The van der Waals surface area contributed by atoms with Gasteiger partial charge in [0.1, 0.15) is 11.9 Å². The Balaban J connectivity index is 1.59. The van der Waals surface area contributed by atoms with Crippen LogP contribution < -0.4 is 5.32 Å². The first-order chi connectivity index (χ1) is 15.8. The fourth-order valence-corrected chi connectivity index (χ4v) is 5.01. The number of carboxylic acids is 1. The molecule has 0 spiro atoms. The van der Waals surface area contributed by atoms with Crippen LogP contribution in [0.2, 0.25) is 5.02 Å². The fourth-order valence-electron chi connectivity index (χ4n) is 4.80. The molecule has 8 heteroatoms. The second kappa shape index (κ2) is 9.43. The molecule has 33 heavy (non-hydrogen) atoms. The summed E-state index contributed by atoms with van der Waals surface area (Å²) in [6.45, 7) is 2.16. The van der Waals surface area contributed by atoms with Crippen molar-refractivity contribution < 1.29 is 19.1 Å². The average molecular weight is 472 g/mol. The van der Waals surface area contributed by atoms with E-state index in [2.05, 4.69) is 5.32 Å². The second-order valence-corrected chi connectivity index (χ2v) is 8.88. The molecular weight excluding hydrogens is 445 g/mol. The third-order valence-electron chi connectivity index (χ3n) is 6.58. The standard InChI is InChI=1S/C25H27ClFN3O3/c1-3-21(24(31)32)30-22-10-8-16(27)12-18(22)19-13-17(9-11-23(19)30)29(2)25(33)28-14-15-6-4-5-7-20(15)26/h4-8,10,12,17,21H,3,9,11,13-14H2,1-2H3,(H,28,33)(H,31,32). The SMILES string of the molecule is CCC(C(=O)O)n1c2c(c3cc(F)ccc31)CC(N(C)C(=O)NCc1ccccc1Cl)CC2. The number of benzene rings is 2. The minimum absolute atomic E-state index is 0.0871. The quantitative estimate of drug-likeness (QED) is 0.521. The first-order valence-electron chi connectivity index (χ1n) is 11.1. The molecule has 2 N–H and O–H groups in total. The van der Waals surface area contributed by atoms with E-state index in [1.54, 1.807) is 24.1 Å². The lowest BCUT2D eigenvalue weighted by Crippen LogP contribution is -2.45. The number of carbonyl (C=O) groups is 2. The van der Waals surface area contributed by atoms with Crippen molar-refractivity contribution >= 4 is 34.5 Å². The Kier molecular flexibility index (Phi) is 6.61. The summed E-state index contributed by atoms with van der Waals surface area (Å²) in [5.74, 6) is -1.27. The van der Waals surface area contributed by atoms with Gasteiger partial charge in [-0.05, 0) is 61.1 Å². The number of amides is 2. The van der Waals surface area contributed by atoms with Gasteiger partial charge in [0, 0.05) is 41.3 Å². The first-order valence-corrected chi connectivity index (χ1v) is 11.5. The zero-order valence-electron chi connectivity index (χ0n) is 18.6. The Morgan fingerprint density at radius 3 is 2.76 bits per heavy atom. The zero-order chi connectivity index (χ0) is 23.7. The van der Waals surface area contributed by atoms with Crippen LogP contribution in [0.5, 0.6) is 0 Å². The molecule has 0 aliphatic heterocycles. The summed E-state index contributed by atoms with van der Waals surface area (Å²) < 4.78 is 16.0. The summed E-state index contributed by atoms with van der Waals surface area (Å²) in [6, 6.07) is 10.8. The van der Waals surface area contributed by atoms with Crippen LogP contribution in [0, 0.1) is 5.82 Å². The van der Waals surface area contributed by atoms with E-state index in [1.165, 1.54) is 12.1 Å². The van der Waals surface area contributed by atoms with Crippen molar-refractivity contribution in [1.29, 1.82) is 0 Å². The number of aromatic nitrogens is 1. The van der Waals surface area contributed by atoms with Gasteiger partial charge in [0.15, 0.2) is 0 Å². The van der Waals surface area contributed by atoms with Crippen molar-refractivity contribution in [2.75, 3.05) is 7.05 Å². The van der Waals surface area contributed by atoms with Gasteiger partial charge in [-0.3, -0.25) is 0 Å². The molecule has 2 unspecified atom stereocenters. The number of hydrogen-bond donors (Lipinski definition) is 2. The Hall–Kier alpha value is -3.06. The van der Waals surface area contributed by atoms with Crippen LogP contribution in [0.3, 0.4) is 0 Å². The van der Waals surface area contributed by atoms with E-state index in [0.717, 1.165) is 27.7 Å². The maximum Gasteiger partial charge on any atom is 0.326 e. The maximum absolute atomic E-state index is 14.1. The predicted octanol–water partition coefficient (Wildman–Crippen LogP) is 5.17. The highest BCUT2D eigenvalue weighted by Gasteiger charge is 2.32. The number of likely N-dealkylation sites (N-methyl/N-ethyl adjacent to an activating group) is 1. The Bertz CT molecular complexity index is 1210. The van der Waals surface area contributed by atoms with Gasteiger partial charge >= 0.3 is 12.0 Å². The number of aliphatic carboxylic acids is 1. The molecule has 2 atom stereocenters. The van der Waals surface area contributed by atoms with Gasteiger partial charge in [0.25, 0.3) is 0 Å². The molecule has 4 rings (SSSR count). The molecule has 6 nitrogen and oxygen atoms in total. The Labute approximate surface area is 196 Å². The maximum atomic E-state index is 14.1. The highest BCUT2D eigenvalue weighted by Crippen LogP contribution is 2.37. The zero-order valence-corrected chi connectivity index (χ0v) is 19.4. The molecule has 1 aliphatic rings. The Morgan fingerprint density at radius 1 is 1.30 bits per heavy atom. The number of carboxylic acid groups (broad SMARTS) is 1. The van der Waals surface area contributed by atoms with Crippen LogP contribution in [0.4, 0.5) is 9.18 Å². The molecule has 3 aromatic rings. The van der Waals surface area contributed by atoms with Gasteiger partial charge in [0.2, 0.25) is 0 Å². The van der Waals surface area contributed by atoms with E-state index in [9.17, 15) is 19.1 Å². The summed E-state index contributed by atoms with van der Waals surface area (Å²) in [5, 5.41) is 14.0. The van der Waals surface area contributed by atoms with Gasteiger partial charge in [-0.25, -0.2) is 14.0 Å². The van der Waals surface area contributed by atoms with E-state index >= 15 is 0 Å². The molecule has 1 aliphatic carbocycles. The smallest absolute Gasteiger partial charge is 0.326 e. The largest absolute Gasteiger partial charge is 0.480 e. The van der Waals surface area contributed by atoms with Crippen LogP contribution in [0.1, 0.15) is 42.6 Å². The number of fused-ring (bicyclic) bond motifs is 3. The topological polar surface area (TPSA) is 74.6 Å². The van der Waals surface area contributed by atoms with Crippen molar-refractivity contribution in [3.05, 3.63) is 70.1 Å². The Morgan fingerprint density at radius 2 is 2.06 bits per heavy atom. The molecular formula is C25H27ClFN3O3. The molecule has 0 saturated heterocycles. The predicted molar refractivity (Wildman–Crippen MR) is 126 cm³/mol. The van der Waals surface area contributed by atoms with Crippen LogP contribution >= 0.6 is 11.6 Å². The summed E-state index contributed by atoms with van der Waals surface area (Å²) >= 11 is 6.18. The normalized spacial score (nSPS) is 16.3. The van der Waals surface area contributed by atoms with E-state index in [0.29, 0.717) is 37.3 Å². The van der Waals surface area contributed by atoms with Gasteiger partial charge in [-0.15, -0.1) is 0 Å². The summed E-state index contributed by atoms with van der Waals surface area (Å²) in [5.41, 5.74) is 3.41. The molecule has 2 amide bonds. The van der Waals surface area contributed by atoms with Crippen LogP contribution in [-0.4, -0.2) is 39.7 Å². The van der Waals surface area contributed by atoms with Crippen LogP contribution in [0.15, 0.2) is 42.5 Å². The van der Waals surface area contributed by atoms with E-state index in [4.69, 9.17) is 11.6 Å². The summed E-state index contributed by atoms with van der Waals surface area (Å²) in [7, 11) is 1.75. The highest BCUT2D eigenvalue weighted by molar-refractivity contribution is 6.31. The third-order valence-corrected chi connectivity index (χ3v) is 6.94. The number of halogens is 2. The summed E-state index contributed by atoms with van der Waals surface area (Å²) in [6.07, 6.45) is 2.27. The lowest BCUT2D eigenvalue weighted by molar-refractivity contribution is -0.140. The van der Waals surface area contributed by atoms with Crippen molar-refractivity contribution in [3.8, 4) is 0 Å². The molecule has 1 heterocycles. The lowest BCUT2D eigenvalue weighted by atomic mass is 9.90. The number of rotatable bonds is 6. The minimum Gasteiger partial charge on any atom is -0.480 e. The minimum atomic E-state index is -0.903. The molecule has 0 fully saturated rings. The molecule has 2 aromatic carbocycles. The van der Waals surface area contributed by atoms with Crippen LogP contribution in [-0.2, 0) is 24.2 Å². The van der Waals surface area contributed by atoms with Crippen molar-refractivity contribution in [2.24, 2.45) is 0 Å². The van der Waals surface area contributed by atoms with Crippen molar-refractivity contribution in [2.45, 2.75) is 51.2 Å². The van der Waals surface area contributed by atoms with Gasteiger partial charge in [-0.1, -0.05) is 36.7 Å². The van der Waals surface area contributed by atoms with E-state index < -0.39 is 12.0 Å². The molecule has 1 aromatic heterocycles. The van der Waals surface area contributed by atoms with Gasteiger partial charge in [-0.2, -0.15) is 0 Å². The summed E-state index contributed by atoms with van der Waals surface area (Å²) in [4.78, 5) is 26.4. The monoisotopic (exact) mass is 471 g/mol. The fraction of sp³-hybridized carbons (Fsp3) is 0.360. The molecule has 174 valence electrons. The van der Waals surface area contributed by atoms with Crippen molar-refractivity contribution in [3.63, 3.8) is 0 Å². The molecule has 0 bridgehead atoms. The van der Waals surface area contributed by atoms with E-state index in [-0.39, 0.29) is 17.9 Å². The van der Waals surface area contributed by atoms with Gasteiger partial charge < -0.3 is 19.9 Å². The number of carbonyl (C=O) groups excluding carboxylic acids is 1. The first kappa shape index (κ1) is 23.1. The number of hydrogen-bond acceptors (Lipinski definition) is 2. The highest BCUT2D eigenvalue weighted by atomic mass is 35.5. The number of nitrogens with zero attached hydrogens (tertiary/aromatic N) is 2. The van der Waals surface area contributed by atoms with E-state index in [1.807, 2.05) is 29.7 Å². The average Bonchev–Trinajstić information content (AvgIpc) is 3.11. The second-order valence-electron chi connectivity index (χ2n) is 8.48. The molecule has 0 saturated carbocycles. The van der Waals surface area contributed by atoms with Crippen LogP contribution in [0.25, 0.3) is 10.9 Å². The van der Waals surface area contributed by atoms with Gasteiger partial charge in [0.05, 0.1) is 0 Å². The third kappa shape index (κ3) is 4.42.